The Morgan fingerprint density at radius 3 is 2.47 bits per heavy atom. The minimum Gasteiger partial charge on any atom is -0.497 e. The summed E-state index contributed by atoms with van der Waals surface area (Å²) in [4.78, 5) is 38.4. The summed E-state index contributed by atoms with van der Waals surface area (Å²) in [5.74, 6) is 0.763. The number of nitrogens with zero attached hydrogens (tertiary/aromatic N) is 4. The van der Waals surface area contributed by atoms with E-state index in [1.807, 2.05) is 18.2 Å². The van der Waals surface area contributed by atoms with E-state index < -0.39 is 21.5 Å². The Bertz CT molecular complexity index is 1950. The summed E-state index contributed by atoms with van der Waals surface area (Å²) in [5.41, 5.74) is 5.26. The Kier molecular flexibility index (Phi) is 7.43. The van der Waals surface area contributed by atoms with Crippen LogP contribution in [0.25, 0.3) is 22.2 Å². The second-order valence-corrected chi connectivity index (χ2v) is 16.8. The Hall–Kier alpha value is -3.45. The quantitative estimate of drug-likeness (QED) is 0.398. The lowest BCUT2D eigenvalue weighted by atomic mass is 9.81. The predicted molar refractivity (Wildman–Crippen MR) is 184 cm³/mol. The maximum absolute atomic E-state index is 15.0. The van der Waals surface area contributed by atoms with Crippen molar-refractivity contribution in [2.45, 2.75) is 88.3 Å². The third kappa shape index (κ3) is 4.96. The van der Waals surface area contributed by atoms with Crippen LogP contribution in [0.15, 0.2) is 36.4 Å². The van der Waals surface area contributed by atoms with Crippen molar-refractivity contribution >= 4 is 32.9 Å². The fourth-order valence-electron chi connectivity index (χ4n) is 9.97. The predicted octanol–water partition coefficient (Wildman–Crippen LogP) is 4.77. The highest BCUT2D eigenvalue weighted by molar-refractivity contribution is 7.87. The molecule has 0 spiro atoms. The molecule has 9 rings (SSSR count). The number of piperazine rings is 1. The van der Waals surface area contributed by atoms with Crippen LogP contribution in [-0.2, 0) is 26.4 Å². The van der Waals surface area contributed by atoms with Crippen molar-refractivity contribution in [1.82, 2.24) is 23.6 Å². The van der Waals surface area contributed by atoms with Gasteiger partial charge in [0.25, 0.3) is 5.91 Å². The molecule has 2 bridgehead atoms. The van der Waals surface area contributed by atoms with E-state index in [1.165, 1.54) is 30.4 Å². The highest BCUT2D eigenvalue weighted by Gasteiger charge is 2.65. The molecule has 11 nitrogen and oxygen atoms in total. The van der Waals surface area contributed by atoms with Crippen LogP contribution < -0.4 is 9.46 Å². The van der Waals surface area contributed by atoms with Crippen LogP contribution in [-0.4, -0.2) is 91.5 Å². The molecule has 3 aromatic rings. The summed E-state index contributed by atoms with van der Waals surface area (Å²) in [6.45, 7) is 2.82. The molecule has 2 aromatic carbocycles. The third-order valence-corrected chi connectivity index (χ3v) is 13.6. The molecule has 5 fully saturated rings. The normalized spacial score (nSPS) is 28.5. The molecule has 5 heterocycles. The monoisotopic (exact) mass is 687 g/mol. The van der Waals surface area contributed by atoms with Crippen LogP contribution in [0, 0.1) is 5.41 Å². The molecule has 4 aliphatic heterocycles. The largest absolute Gasteiger partial charge is 0.497 e. The molecular formula is C37H45N5O6S. The molecule has 260 valence electrons. The molecule has 2 amide bonds. The number of carbonyl (C=O) groups is 2. The maximum Gasteiger partial charge on any atom is 0.326 e. The standard InChI is InChI=1S/C37H45N5O6S/c1-39-20-25-10-11-26(21-39)42(25)36(44)37-19-31(37)30-18-27(47-2)12-14-28(30)34-33(23-7-4-3-5-8-23)29-13-9-24(17-32(29)40(34)22-37)35(43)38-49(45,46)41-15-6-16-48-41/h9,12-14,17-18,23,25-26,31H,3-8,10-11,15-16,19-22H2,1-2H3,(H,38,43). The van der Waals surface area contributed by atoms with E-state index in [2.05, 4.69) is 38.3 Å². The van der Waals surface area contributed by atoms with Gasteiger partial charge in [0, 0.05) is 66.2 Å². The van der Waals surface area contributed by atoms with Gasteiger partial charge in [-0.1, -0.05) is 29.8 Å². The van der Waals surface area contributed by atoms with Crippen molar-refractivity contribution < 1.29 is 27.6 Å². The molecule has 49 heavy (non-hydrogen) atoms. The van der Waals surface area contributed by atoms with Crippen molar-refractivity contribution in [1.29, 1.82) is 0 Å². The molecule has 1 N–H and O–H groups in total. The van der Waals surface area contributed by atoms with Gasteiger partial charge in [-0.05, 0) is 92.9 Å². The number of hydrogen-bond acceptors (Lipinski definition) is 7. The lowest BCUT2D eigenvalue weighted by Crippen LogP contribution is -2.57. The molecular weight excluding hydrogens is 643 g/mol. The maximum atomic E-state index is 15.0. The summed E-state index contributed by atoms with van der Waals surface area (Å²) >= 11 is 0. The van der Waals surface area contributed by atoms with Gasteiger partial charge >= 0.3 is 10.2 Å². The van der Waals surface area contributed by atoms with E-state index in [0.29, 0.717) is 25.5 Å². The van der Waals surface area contributed by atoms with Crippen LogP contribution in [0.2, 0.25) is 0 Å². The van der Waals surface area contributed by atoms with Gasteiger partial charge in [0.15, 0.2) is 0 Å². The second-order valence-electron chi connectivity index (χ2n) is 15.2. The molecule has 2 aliphatic carbocycles. The first-order valence-electron chi connectivity index (χ1n) is 18.0. The number of carbonyl (C=O) groups excluding carboxylic acids is 2. The van der Waals surface area contributed by atoms with Crippen molar-refractivity contribution in [3.63, 3.8) is 0 Å². The van der Waals surface area contributed by atoms with E-state index in [4.69, 9.17) is 9.57 Å². The van der Waals surface area contributed by atoms with Crippen molar-refractivity contribution in [2.75, 3.05) is 40.4 Å². The molecule has 6 aliphatic rings. The van der Waals surface area contributed by atoms with E-state index in [-0.39, 0.29) is 36.0 Å². The number of aromatic nitrogens is 1. The van der Waals surface area contributed by atoms with Gasteiger partial charge in [0.1, 0.15) is 5.75 Å². The molecule has 2 saturated carbocycles. The first-order chi connectivity index (χ1) is 23.7. The fourth-order valence-corrected chi connectivity index (χ4v) is 11.0. The highest BCUT2D eigenvalue weighted by Crippen LogP contribution is 2.66. The number of fused-ring (bicyclic) bond motifs is 9. The van der Waals surface area contributed by atoms with Gasteiger partial charge in [0.2, 0.25) is 5.91 Å². The zero-order chi connectivity index (χ0) is 33.7. The Balaban J connectivity index is 1.20. The summed E-state index contributed by atoms with van der Waals surface area (Å²) in [6.07, 6.45) is 9.16. The first kappa shape index (κ1) is 31.5. The number of rotatable bonds is 6. The Labute approximate surface area is 287 Å². The third-order valence-electron chi connectivity index (χ3n) is 12.3. The van der Waals surface area contributed by atoms with Crippen molar-refractivity contribution in [3.05, 3.63) is 53.1 Å². The van der Waals surface area contributed by atoms with Crippen molar-refractivity contribution in [3.8, 4) is 17.0 Å². The lowest BCUT2D eigenvalue weighted by molar-refractivity contribution is -0.143. The number of nitrogens with one attached hydrogen (secondary N) is 1. The number of ether oxygens (including phenoxy) is 1. The zero-order valence-electron chi connectivity index (χ0n) is 28.3. The van der Waals surface area contributed by atoms with Gasteiger partial charge in [0.05, 0.1) is 24.8 Å². The number of benzene rings is 2. The van der Waals surface area contributed by atoms with Gasteiger partial charge < -0.3 is 19.1 Å². The Morgan fingerprint density at radius 1 is 0.980 bits per heavy atom. The van der Waals surface area contributed by atoms with Crippen LogP contribution in [0.5, 0.6) is 5.75 Å². The van der Waals surface area contributed by atoms with Gasteiger partial charge in [-0.15, -0.1) is 0 Å². The number of likely N-dealkylation sites (N-methyl/N-ethyl adjacent to an activating group) is 1. The number of methoxy groups -OCH3 is 1. The number of hydrogen-bond donors (Lipinski definition) is 1. The molecule has 1 aromatic heterocycles. The van der Waals surface area contributed by atoms with E-state index >= 15 is 4.79 Å². The summed E-state index contributed by atoms with van der Waals surface area (Å²) in [7, 11) is -0.300. The summed E-state index contributed by atoms with van der Waals surface area (Å²) < 4.78 is 37.1. The first-order valence-corrected chi connectivity index (χ1v) is 19.5. The second kappa shape index (κ2) is 11.5. The van der Waals surface area contributed by atoms with Crippen LogP contribution >= 0.6 is 0 Å². The molecule has 4 unspecified atom stereocenters. The van der Waals surface area contributed by atoms with Crippen LogP contribution in [0.3, 0.4) is 0 Å². The smallest absolute Gasteiger partial charge is 0.326 e. The minimum atomic E-state index is -4.15. The van der Waals surface area contributed by atoms with Crippen LogP contribution in [0.4, 0.5) is 0 Å². The molecule has 3 saturated heterocycles. The molecule has 0 radical (unpaired) electrons. The lowest BCUT2D eigenvalue weighted by Gasteiger charge is -2.41. The average molecular weight is 688 g/mol. The SMILES string of the molecule is COc1ccc2c(c1)C1CC1(C(=O)N1C3CCC1CN(C)C3)Cn1c-2c(C2CCCCC2)c2ccc(C(=O)NS(=O)(=O)N3CCCO3)cc21. The zero-order valence-corrected chi connectivity index (χ0v) is 29.1. The van der Waals surface area contributed by atoms with Gasteiger partial charge in [-0.3, -0.25) is 14.4 Å². The van der Waals surface area contributed by atoms with Crippen molar-refractivity contribution in [2.24, 2.45) is 5.41 Å². The number of hydroxylamine groups is 1. The fraction of sp³-hybridized carbons (Fsp3) is 0.568. The van der Waals surface area contributed by atoms with Gasteiger partial charge in [-0.2, -0.15) is 8.42 Å². The summed E-state index contributed by atoms with van der Waals surface area (Å²) in [5, 5.41) is 1.08. The minimum absolute atomic E-state index is 0.0652. The number of likely N-dealkylation sites (tertiary alicyclic amines) is 1. The average Bonchev–Trinajstić information content (AvgIpc) is 3.33. The van der Waals surface area contributed by atoms with Gasteiger partial charge in [-0.25, -0.2) is 4.72 Å². The van der Waals surface area contributed by atoms with E-state index in [0.717, 1.165) is 77.6 Å². The van der Waals surface area contributed by atoms with E-state index in [9.17, 15) is 13.2 Å². The highest BCUT2D eigenvalue weighted by atomic mass is 32.2. The molecule has 4 atom stereocenters. The topological polar surface area (TPSA) is 113 Å². The Morgan fingerprint density at radius 2 is 1.76 bits per heavy atom. The van der Waals surface area contributed by atoms with E-state index in [1.54, 1.807) is 13.2 Å². The summed E-state index contributed by atoms with van der Waals surface area (Å²) in [6, 6.07) is 12.4. The number of amides is 2. The van der Waals surface area contributed by atoms with Crippen LogP contribution in [0.1, 0.15) is 91.1 Å². The molecule has 12 heteroatoms.